The Morgan fingerprint density at radius 1 is 0.815 bits per heavy atom. The van der Waals surface area contributed by atoms with E-state index in [0.717, 1.165) is 29.7 Å². The van der Waals surface area contributed by atoms with E-state index in [-0.39, 0.29) is 0 Å². The third kappa shape index (κ3) is 3.84. The highest BCUT2D eigenvalue weighted by Crippen LogP contribution is 2.19. The monoisotopic (exact) mass is 364 g/mol. The molecular formula is C22H28N4O. The van der Waals surface area contributed by atoms with Crippen LogP contribution in [0.2, 0.25) is 0 Å². The van der Waals surface area contributed by atoms with Crippen molar-refractivity contribution < 1.29 is 5.11 Å². The molecule has 0 aliphatic carbocycles. The largest absolute Gasteiger partial charge is 0.387 e. The fourth-order valence-electron chi connectivity index (χ4n) is 4.08. The number of fused-ring (bicyclic) bond motifs is 1. The molecule has 2 heterocycles. The van der Waals surface area contributed by atoms with E-state index in [0.29, 0.717) is 12.2 Å². The van der Waals surface area contributed by atoms with E-state index >= 15 is 0 Å². The maximum absolute atomic E-state index is 10.7. The van der Waals surface area contributed by atoms with Gasteiger partial charge in [-0.15, -0.1) is 0 Å². The first-order valence-corrected chi connectivity index (χ1v) is 9.92. The van der Waals surface area contributed by atoms with Crippen molar-refractivity contribution in [3.05, 3.63) is 65.8 Å². The number of likely N-dealkylation sites (tertiary alicyclic amines) is 1. The van der Waals surface area contributed by atoms with Gasteiger partial charge in [-0.1, -0.05) is 48.9 Å². The summed E-state index contributed by atoms with van der Waals surface area (Å²) in [5.74, 6) is 0. The van der Waals surface area contributed by atoms with Gasteiger partial charge in [-0.2, -0.15) is 0 Å². The maximum atomic E-state index is 10.7. The summed E-state index contributed by atoms with van der Waals surface area (Å²) in [4.78, 5) is 2.50. The van der Waals surface area contributed by atoms with E-state index in [1.165, 1.54) is 32.4 Å². The van der Waals surface area contributed by atoms with Crippen LogP contribution in [-0.2, 0) is 13.1 Å². The minimum atomic E-state index is -0.623. The standard InChI is InChI=1S/C22H28N4O/c23-22-25(16-15-24-13-7-2-8-14-24)19-11-5-6-12-20(19)26(22)17-21(27)18-9-3-1-4-10-18/h1,3-6,9-12,21,23,27H,2,7-8,13-17H2/t21-/m0/s1. The molecule has 142 valence electrons. The molecule has 5 nitrogen and oxygen atoms in total. The van der Waals surface area contributed by atoms with Gasteiger partial charge in [0, 0.05) is 13.1 Å². The SMILES string of the molecule is N=c1n(CCN2CCCCC2)c2ccccc2n1C[C@H](O)c1ccccc1. The fraction of sp³-hybridized carbons (Fsp3) is 0.409. The average Bonchev–Trinajstić information content (AvgIpc) is 2.99. The van der Waals surface area contributed by atoms with Crippen LogP contribution < -0.4 is 5.62 Å². The highest BCUT2D eigenvalue weighted by Gasteiger charge is 2.16. The summed E-state index contributed by atoms with van der Waals surface area (Å²) in [6, 6.07) is 17.8. The first-order chi connectivity index (χ1) is 13.2. The predicted molar refractivity (Wildman–Crippen MR) is 107 cm³/mol. The Kier molecular flexibility index (Phi) is 5.41. The number of nitrogens with zero attached hydrogens (tertiary/aromatic N) is 3. The molecule has 5 heteroatoms. The molecule has 2 aromatic carbocycles. The van der Waals surface area contributed by atoms with Crippen molar-refractivity contribution in [2.75, 3.05) is 19.6 Å². The Hall–Kier alpha value is -2.37. The van der Waals surface area contributed by atoms with Crippen LogP contribution >= 0.6 is 0 Å². The molecule has 0 bridgehead atoms. The van der Waals surface area contributed by atoms with E-state index in [1.54, 1.807) is 0 Å². The van der Waals surface area contributed by atoms with Gasteiger partial charge in [0.1, 0.15) is 0 Å². The molecule has 1 fully saturated rings. The molecule has 0 amide bonds. The van der Waals surface area contributed by atoms with Gasteiger partial charge < -0.3 is 19.1 Å². The van der Waals surface area contributed by atoms with Crippen molar-refractivity contribution >= 4 is 11.0 Å². The van der Waals surface area contributed by atoms with Gasteiger partial charge in [0.05, 0.1) is 23.7 Å². The molecule has 3 aromatic rings. The maximum Gasteiger partial charge on any atom is 0.203 e. The lowest BCUT2D eigenvalue weighted by molar-refractivity contribution is 0.155. The van der Waals surface area contributed by atoms with Crippen molar-refractivity contribution in [2.45, 2.75) is 38.5 Å². The Labute approximate surface area is 160 Å². The smallest absolute Gasteiger partial charge is 0.203 e. The number of para-hydroxylation sites is 2. The lowest BCUT2D eigenvalue weighted by Gasteiger charge is -2.26. The van der Waals surface area contributed by atoms with Gasteiger partial charge >= 0.3 is 0 Å². The molecule has 0 radical (unpaired) electrons. The van der Waals surface area contributed by atoms with Crippen molar-refractivity contribution in [1.29, 1.82) is 5.41 Å². The lowest BCUT2D eigenvalue weighted by Crippen LogP contribution is -2.35. The van der Waals surface area contributed by atoms with Gasteiger partial charge in [0.15, 0.2) is 0 Å². The summed E-state index contributed by atoms with van der Waals surface area (Å²) in [6.07, 6.45) is 3.28. The summed E-state index contributed by atoms with van der Waals surface area (Å²) >= 11 is 0. The van der Waals surface area contributed by atoms with Gasteiger partial charge in [0.2, 0.25) is 5.62 Å². The minimum Gasteiger partial charge on any atom is -0.387 e. The summed E-state index contributed by atoms with van der Waals surface area (Å²) in [5.41, 5.74) is 3.42. The minimum absolute atomic E-state index is 0.389. The van der Waals surface area contributed by atoms with E-state index in [9.17, 15) is 5.11 Å². The topological polar surface area (TPSA) is 57.2 Å². The van der Waals surface area contributed by atoms with Crippen LogP contribution in [0.1, 0.15) is 30.9 Å². The number of aromatic nitrogens is 2. The molecule has 0 spiro atoms. The number of benzene rings is 2. The molecule has 1 atom stereocenters. The Morgan fingerprint density at radius 3 is 2.15 bits per heavy atom. The second kappa shape index (κ2) is 8.11. The van der Waals surface area contributed by atoms with Gasteiger partial charge in [-0.3, -0.25) is 5.41 Å². The molecule has 1 aliphatic heterocycles. The number of piperidine rings is 1. The molecule has 27 heavy (non-hydrogen) atoms. The number of imidazole rings is 1. The second-order valence-electron chi connectivity index (χ2n) is 7.40. The molecule has 1 saturated heterocycles. The second-order valence-corrected chi connectivity index (χ2v) is 7.40. The van der Waals surface area contributed by atoms with Crippen molar-refractivity contribution in [3.63, 3.8) is 0 Å². The molecular weight excluding hydrogens is 336 g/mol. The van der Waals surface area contributed by atoms with Gasteiger partial charge in [-0.05, 0) is 43.6 Å². The van der Waals surface area contributed by atoms with Gasteiger partial charge in [0.25, 0.3) is 0 Å². The number of aliphatic hydroxyl groups is 1. The molecule has 1 aliphatic rings. The summed E-state index contributed by atoms with van der Waals surface area (Å²) in [6.45, 7) is 4.51. The Balaban J connectivity index is 1.61. The first-order valence-electron chi connectivity index (χ1n) is 9.92. The third-order valence-electron chi connectivity index (χ3n) is 5.60. The Morgan fingerprint density at radius 2 is 1.44 bits per heavy atom. The summed E-state index contributed by atoms with van der Waals surface area (Å²) in [5, 5.41) is 19.4. The van der Waals surface area contributed by atoms with Crippen molar-refractivity contribution in [2.24, 2.45) is 0 Å². The number of aliphatic hydroxyl groups excluding tert-OH is 1. The van der Waals surface area contributed by atoms with E-state index < -0.39 is 6.10 Å². The van der Waals surface area contributed by atoms with Crippen LogP contribution in [0.3, 0.4) is 0 Å². The van der Waals surface area contributed by atoms with E-state index in [1.807, 2.05) is 53.1 Å². The molecule has 4 rings (SSSR count). The number of hydrogen-bond donors (Lipinski definition) is 2. The molecule has 1 aromatic heterocycles. The van der Waals surface area contributed by atoms with E-state index in [4.69, 9.17) is 5.41 Å². The highest BCUT2D eigenvalue weighted by atomic mass is 16.3. The van der Waals surface area contributed by atoms with Gasteiger partial charge in [-0.25, -0.2) is 0 Å². The zero-order valence-corrected chi connectivity index (χ0v) is 15.7. The third-order valence-corrected chi connectivity index (χ3v) is 5.60. The van der Waals surface area contributed by atoms with Crippen LogP contribution in [-0.4, -0.2) is 38.8 Å². The molecule has 2 N–H and O–H groups in total. The van der Waals surface area contributed by atoms with Crippen molar-refractivity contribution in [1.82, 2.24) is 14.0 Å². The highest BCUT2D eigenvalue weighted by molar-refractivity contribution is 5.75. The normalized spacial score (nSPS) is 16.6. The molecule has 0 unspecified atom stereocenters. The summed E-state index contributed by atoms with van der Waals surface area (Å²) < 4.78 is 4.02. The number of nitrogens with one attached hydrogen (secondary N) is 1. The number of rotatable bonds is 6. The van der Waals surface area contributed by atoms with Crippen LogP contribution in [0.25, 0.3) is 11.0 Å². The lowest BCUT2D eigenvalue weighted by atomic mass is 10.1. The zero-order chi connectivity index (χ0) is 18.6. The zero-order valence-electron chi connectivity index (χ0n) is 15.7. The quantitative estimate of drug-likeness (QED) is 0.706. The Bertz CT molecular complexity index is 938. The van der Waals surface area contributed by atoms with Crippen LogP contribution in [0, 0.1) is 5.41 Å². The van der Waals surface area contributed by atoms with Crippen LogP contribution in [0.4, 0.5) is 0 Å². The predicted octanol–water partition coefficient (Wildman–Crippen LogP) is 3.14. The van der Waals surface area contributed by atoms with Crippen molar-refractivity contribution in [3.8, 4) is 0 Å². The fourth-order valence-corrected chi connectivity index (χ4v) is 4.08. The van der Waals surface area contributed by atoms with Crippen LogP contribution in [0.15, 0.2) is 54.6 Å². The van der Waals surface area contributed by atoms with E-state index in [2.05, 4.69) is 15.5 Å². The summed E-state index contributed by atoms with van der Waals surface area (Å²) in [7, 11) is 0. The average molecular weight is 364 g/mol. The van der Waals surface area contributed by atoms with Crippen LogP contribution in [0.5, 0.6) is 0 Å². The first kappa shape index (κ1) is 18.0. The molecule has 0 saturated carbocycles. The number of hydrogen-bond acceptors (Lipinski definition) is 3.